The Labute approximate surface area is 103 Å². The third kappa shape index (κ3) is 3.28. The number of aliphatic hydroxyl groups excluding tert-OH is 2. The van der Waals surface area contributed by atoms with Gasteiger partial charge in [0, 0.05) is 14.8 Å². The number of hydrogen-bond donors (Lipinski definition) is 2. The Hall–Kier alpha value is 0.100. The summed E-state index contributed by atoms with van der Waals surface area (Å²) in [7, 11) is 0. The molecule has 0 saturated heterocycles. The van der Waals surface area contributed by atoms with Gasteiger partial charge in [0.1, 0.15) is 0 Å². The van der Waals surface area contributed by atoms with Gasteiger partial charge in [0.2, 0.25) is 0 Å². The monoisotopic (exact) mass is 292 g/mol. The maximum absolute atomic E-state index is 9.43. The van der Waals surface area contributed by atoms with Crippen molar-refractivity contribution < 1.29 is 10.2 Å². The van der Waals surface area contributed by atoms with Gasteiger partial charge in [-0.2, -0.15) is 0 Å². The molecule has 2 N–H and O–H groups in total. The summed E-state index contributed by atoms with van der Waals surface area (Å²) < 4.78 is 1.08. The van der Waals surface area contributed by atoms with E-state index in [0.717, 1.165) is 23.7 Å². The molecule has 0 radical (unpaired) electrons. The van der Waals surface area contributed by atoms with Crippen molar-refractivity contribution in [1.82, 2.24) is 0 Å². The quantitative estimate of drug-likeness (QED) is 0.846. The molecule has 1 heterocycles. The summed E-state index contributed by atoms with van der Waals surface area (Å²) in [6, 6.07) is 2.01. The van der Waals surface area contributed by atoms with Gasteiger partial charge in [-0.25, -0.2) is 0 Å². The fraction of sp³-hybridized carbons (Fsp3) is 0.636. The molecule has 15 heavy (non-hydrogen) atoms. The SMILES string of the molecule is CCCC(CO)(CO)Cc1sccc1Br. The first-order chi connectivity index (χ1) is 7.17. The average molecular weight is 293 g/mol. The van der Waals surface area contributed by atoms with E-state index in [1.165, 1.54) is 4.88 Å². The third-order valence-electron chi connectivity index (χ3n) is 2.68. The minimum absolute atomic E-state index is 0.0433. The molecule has 86 valence electrons. The van der Waals surface area contributed by atoms with Crippen molar-refractivity contribution in [2.75, 3.05) is 13.2 Å². The number of halogens is 1. The topological polar surface area (TPSA) is 40.5 Å². The summed E-state index contributed by atoms with van der Waals surface area (Å²) in [4.78, 5) is 1.20. The van der Waals surface area contributed by atoms with Gasteiger partial charge in [-0.05, 0) is 40.2 Å². The first kappa shape index (κ1) is 13.2. The van der Waals surface area contributed by atoms with Crippen LogP contribution in [0.25, 0.3) is 0 Å². The zero-order valence-electron chi connectivity index (χ0n) is 8.87. The van der Waals surface area contributed by atoms with Crippen LogP contribution in [0.3, 0.4) is 0 Å². The van der Waals surface area contributed by atoms with E-state index in [1.807, 2.05) is 11.4 Å². The van der Waals surface area contributed by atoms with E-state index in [4.69, 9.17) is 0 Å². The van der Waals surface area contributed by atoms with Gasteiger partial charge in [-0.1, -0.05) is 13.3 Å². The lowest BCUT2D eigenvalue weighted by Gasteiger charge is -2.29. The second-order valence-electron chi connectivity index (χ2n) is 3.93. The van der Waals surface area contributed by atoms with E-state index in [1.54, 1.807) is 11.3 Å². The van der Waals surface area contributed by atoms with E-state index in [-0.39, 0.29) is 18.6 Å². The Bertz CT molecular complexity index is 295. The van der Waals surface area contributed by atoms with E-state index in [9.17, 15) is 10.2 Å². The first-order valence-electron chi connectivity index (χ1n) is 5.11. The Morgan fingerprint density at radius 2 is 2.07 bits per heavy atom. The summed E-state index contributed by atoms with van der Waals surface area (Å²) in [6.07, 6.45) is 2.57. The smallest absolute Gasteiger partial charge is 0.0512 e. The summed E-state index contributed by atoms with van der Waals surface area (Å²) in [6.45, 7) is 2.16. The highest BCUT2D eigenvalue weighted by atomic mass is 79.9. The molecule has 0 atom stereocenters. The predicted molar refractivity (Wildman–Crippen MR) is 67.2 cm³/mol. The fourth-order valence-corrected chi connectivity index (χ4v) is 3.40. The van der Waals surface area contributed by atoms with Gasteiger partial charge in [0.25, 0.3) is 0 Å². The van der Waals surface area contributed by atoms with Crippen LogP contribution in [0.4, 0.5) is 0 Å². The van der Waals surface area contributed by atoms with Crippen molar-refractivity contribution in [1.29, 1.82) is 0 Å². The van der Waals surface area contributed by atoms with Crippen molar-refractivity contribution in [2.45, 2.75) is 26.2 Å². The lowest BCUT2D eigenvalue weighted by molar-refractivity contribution is 0.0471. The Morgan fingerprint density at radius 3 is 2.47 bits per heavy atom. The first-order valence-corrected chi connectivity index (χ1v) is 6.78. The van der Waals surface area contributed by atoms with Crippen LogP contribution in [0.5, 0.6) is 0 Å². The van der Waals surface area contributed by atoms with Crippen molar-refractivity contribution in [3.63, 3.8) is 0 Å². The number of hydrogen-bond acceptors (Lipinski definition) is 3. The van der Waals surface area contributed by atoms with Crippen molar-refractivity contribution in [2.24, 2.45) is 5.41 Å². The van der Waals surface area contributed by atoms with Gasteiger partial charge in [-0.3, -0.25) is 0 Å². The molecule has 0 bridgehead atoms. The van der Waals surface area contributed by atoms with Crippen molar-refractivity contribution in [3.8, 4) is 0 Å². The molecule has 0 fully saturated rings. The standard InChI is InChI=1S/C11H17BrO2S/c1-2-4-11(7-13,8-14)6-10-9(12)3-5-15-10/h3,5,13-14H,2,4,6-8H2,1H3. The maximum Gasteiger partial charge on any atom is 0.0512 e. The molecule has 1 aromatic rings. The molecule has 0 amide bonds. The van der Waals surface area contributed by atoms with Crippen LogP contribution in [0.15, 0.2) is 15.9 Å². The molecule has 2 nitrogen and oxygen atoms in total. The van der Waals surface area contributed by atoms with E-state index >= 15 is 0 Å². The molecule has 0 aliphatic heterocycles. The molecular weight excluding hydrogens is 276 g/mol. The number of rotatable bonds is 6. The van der Waals surface area contributed by atoms with E-state index < -0.39 is 0 Å². The average Bonchev–Trinajstić information content (AvgIpc) is 2.63. The molecule has 0 saturated carbocycles. The van der Waals surface area contributed by atoms with Crippen LogP contribution in [-0.4, -0.2) is 23.4 Å². The Balaban J connectivity index is 2.78. The zero-order chi connectivity index (χ0) is 11.3. The predicted octanol–water partition coefficient (Wildman–Crippen LogP) is 2.82. The highest BCUT2D eigenvalue weighted by Gasteiger charge is 2.29. The summed E-state index contributed by atoms with van der Waals surface area (Å²) in [5, 5.41) is 20.9. The Kier molecular flexibility index (Phi) is 5.26. The summed E-state index contributed by atoms with van der Waals surface area (Å²) in [5.41, 5.74) is -0.359. The van der Waals surface area contributed by atoms with Gasteiger partial charge in [0.05, 0.1) is 13.2 Å². The van der Waals surface area contributed by atoms with Crippen LogP contribution in [-0.2, 0) is 6.42 Å². The minimum Gasteiger partial charge on any atom is -0.396 e. The third-order valence-corrected chi connectivity index (χ3v) is 4.60. The van der Waals surface area contributed by atoms with E-state index in [0.29, 0.717) is 0 Å². The molecule has 0 aliphatic rings. The van der Waals surface area contributed by atoms with Crippen LogP contribution in [0, 0.1) is 5.41 Å². The van der Waals surface area contributed by atoms with Gasteiger partial charge in [0.15, 0.2) is 0 Å². The highest BCUT2D eigenvalue weighted by molar-refractivity contribution is 9.10. The van der Waals surface area contributed by atoms with Crippen LogP contribution in [0.1, 0.15) is 24.6 Å². The second-order valence-corrected chi connectivity index (χ2v) is 5.79. The van der Waals surface area contributed by atoms with Crippen molar-refractivity contribution in [3.05, 3.63) is 20.8 Å². The molecular formula is C11H17BrO2S. The largest absolute Gasteiger partial charge is 0.396 e. The summed E-state index contributed by atoms with van der Waals surface area (Å²) >= 11 is 5.14. The lowest BCUT2D eigenvalue weighted by Crippen LogP contribution is -2.32. The molecule has 0 aliphatic carbocycles. The fourth-order valence-electron chi connectivity index (χ4n) is 1.73. The van der Waals surface area contributed by atoms with Gasteiger partial charge < -0.3 is 10.2 Å². The van der Waals surface area contributed by atoms with E-state index in [2.05, 4.69) is 22.9 Å². The van der Waals surface area contributed by atoms with Crippen molar-refractivity contribution >= 4 is 27.3 Å². The second kappa shape index (κ2) is 5.99. The van der Waals surface area contributed by atoms with Crippen LogP contribution < -0.4 is 0 Å². The molecule has 1 rings (SSSR count). The molecule has 0 unspecified atom stereocenters. The minimum atomic E-state index is -0.359. The zero-order valence-corrected chi connectivity index (χ0v) is 11.3. The molecule has 1 aromatic heterocycles. The lowest BCUT2D eigenvalue weighted by atomic mass is 9.81. The van der Waals surface area contributed by atoms with Crippen LogP contribution in [0.2, 0.25) is 0 Å². The molecule has 0 aromatic carbocycles. The normalized spacial score (nSPS) is 12.0. The van der Waals surface area contributed by atoms with Crippen LogP contribution >= 0.6 is 27.3 Å². The number of thiophene rings is 1. The number of aliphatic hydroxyl groups is 2. The van der Waals surface area contributed by atoms with Gasteiger partial charge in [-0.15, -0.1) is 11.3 Å². The maximum atomic E-state index is 9.43. The molecule has 4 heteroatoms. The van der Waals surface area contributed by atoms with Gasteiger partial charge >= 0.3 is 0 Å². The highest BCUT2D eigenvalue weighted by Crippen LogP contribution is 2.33. The molecule has 0 spiro atoms. The summed E-state index contributed by atoms with van der Waals surface area (Å²) in [5.74, 6) is 0. The Morgan fingerprint density at radius 1 is 1.40 bits per heavy atom.